The fourth-order valence-electron chi connectivity index (χ4n) is 1.34. The predicted molar refractivity (Wildman–Crippen MR) is 61.0 cm³/mol. The molecule has 0 radical (unpaired) electrons. The van der Waals surface area contributed by atoms with Crippen LogP contribution >= 0.6 is 11.6 Å². The largest absolute Gasteiger partial charge is 0.323 e. The third kappa shape index (κ3) is 2.13. The number of benzene rings is 1. The molecule has 0 saturated heterocycles. The van der Waals surface area contributed by atoms with Crippen molar-refractivity contribution < 1.29 is 4.79 Å². The Morgan fingerprint density at radius 2 is 2.20 bits per heavy atom. The average Bonchev–Trinajstić information content (AvgIpc) is 2.91. The maximum atomic E-state index is 11.7. The van der Waals surface area contributed by atoms with Crippen LogP contribution in [0.3, 0.4) is 0 Å². The van der Waals surface area contributed by atoms with Crippen molar-refractivity contribution in [3.05, 3.63) is 28.8 Å². The van der Waals surface area contributed by atoms with Gasteiger partial charge in [0.15, 0.2) is 0 Å². The SMILES string of the molecule is Cc1ccc(Cl)c(NC(=O)C2(N)CC2)c1. The first-order valence-electron chi connectivity index (χ1n) is 4.88. The lowest BCUT2D eigenvalue weighted by atomic mass is 10.2. The van der Waals surface area contributed by atoms with Crippen LogP contribution in [0.5, 0.6) is 0 Å². The van der Waals surface area contributed by atoms with Gasteiger partial charge in [-0.05, 0) is 37.5 Å². The quantitative estimate of drug-likeness (QED) is 0.808. The van der Waals surface area contributed by atoms with E-state index in [2.05, 4.69) is 5.32 Å². The van der Waals surface area contributed by atoms with Crippen LogP contribution in [0.1, 0.15) is 18.4 Å². The van der Waals surface area contributed by atoms with E-state index >= 15 is 0 Å². The number of carbonyl (C=O) groups is 1. The minimum atomic E-state index is -0.660. The van der Waals surface area contributed by atoms with Gasteiger partial charge in [-0.25, -0.2) is 0 Å². The maximum absolute atomic E-state index is 11.7. The second kappa shape index (κ2) is 3.51. The molecule has 2 rings (SSSR count). The summed E-state index contributed by atoms with van der Waals surface area (Å²) in [4.78, 5) is 11.7. The van der Waals surface area contributed by atoms with E-state index in [1.54, 1.807) is 6.07 Å². The van der Waals surface area contributed by atoms with Crippen LogP contribution in [0.25, 0.3) is 0 Å². The van der Waals surface area contributed by atoms with Crippen LogP contribution in [-0.4, -0.2) is 11.4 Å². The zero-order chi connectivity index (χ0) is 11.1. The summed E-state index contributed by atoms with van der Waals surface area (Å²) in [6, 6.07) is 5.50. The average molecular weight is 225 g/mol. The maximum Gasteiger partial charge on any atom is 0.244 e. The molecule has 0 heterocycles. The summed E-state index contributed by atoms with van der Waals surface area (Å²) < 4.78 is 0. The summed E-state index contributed by atoms with van der Waals surface area (Å²) >= 11 is 5.96. The van der Waals surface area contributed by atoms with Crippen LogP contribution in [0.4, 0.5) is 5.69 Å². The lowest BCUT2D eigenvalue weighted by Gasteiger charge is -2.11. The van der Waals surface area contributed by atoms with Crippen molar-refractivity contribution in [3.63, 3.8) is 0 Å². The van der Waals surface area contributed by atoms with Gasteiger partial charge in [-0.2, -0.15) is 0 Å². The molecule has 0 bridgehead atoms. The molecule has 1 saturated carbocycles. The lowest BCUT2D eigenvalue weighted by Crippen LogP contribution is -2.37. The van der Waals surface area contributed by atoms with Crippen LogP contribution in [-0.2, 0) is 4.79 Å². The number of nitrogens with two attached hydrogens (primary N) is 1. The van der Waals surface area contributed by atoms with Crippen molar-refractivity contribution in [1.29, 1.82) is 0 Å². The Morgan fingerprint density at radius 3 is 2.80 bits per heavy atom. The van der Waals surface area contributed by atoms with Crippen molar-refractivity contribution in [1.82, 2.24) is 0 Å². The highest BCUT2D eigenvalue weighted by Gasteiger charge is 2.46. The Bertz CT molecular complexity index is 413. The molecule has 0 aliphatic heterocycles. The van der Waals surface area contributed by atoms with Gasteiger partial charge in [-0.3, -0.25) is 4.79 Å². The monoisotopic (exact) mass is 224 g/mol. The van der Waals surface area contributed by atoms with E-state index in [0.29, 0.717) is 10.7 Å². The molecule has 0 atom stereocenters. The van der Waals surface area contributed by atoms with Crippen LogP contribution in [0.2, 0.25) is 5.02 Å². The number of hydrogen-bond donors (Lipinski definition) is 2. The first kappa shape index (κ1) is 10.5. The van der Waals surface area contributed by atoms with Crippen molar-refractivity contribution in [2.75, 3.05) is 5.32 Å². The fourth-order valence-corrected chi connectivity index (χ4v) is 1.51. The number of carbonyl (C=O) groups excluding carboxylic acids is 1. The van der Waals surface area contributed by atoms with E-state index in [4.69, 9.17) is 17.3 Å². The van der Waals surface area contributed by atoms with E-state index in [9.17, 15) is 4.79 Å². The molecule has 3 nitrogen and oxygen atoms in total. The van der Waals surface area contributed by atoms with E-state index in [0.717, 1.165) is 18.4 Å². The molecule has 0 spiro atoms. The molecule has 1 aliphatic rings. The standard InChI is InChI=1S/C11H13ClN2O/c1-7-2-3-8(12)9(6-7)14-10(15)11(13)4-5-11/h2-3,6H,4-5,13H2,1H3,(H,14,15). The predicted octanol–water partition coefficient (Wildman–Crippen LogP) is 2.08. The summed E-state index contributed by atoms with van der Waals surface area (Å²) in [7, 11) is 0. The molecule has 80 valence electrons. The van der Waals surface area contributed by atoms with Gasteiger partial charge in [0.1, 0.15) is 0 Å². The first-order valence-corrected chi connectivity index (χ1v) is 5.25. The van der Waals surface area contributed by atoms with Gasteiger partial charge in [0, 0.05) is 0 Å². The Labute approximate surface area is 93.6 Å². The number of hydrogen-bond acceptors (Lipinski definition) is 2. The number of anilines is 1. The highest BCUT2D eigenvalue weighted by molar-refractivity contribution is 6.33. The van der Waals surface area contributed by atoms with Gasteiger partial charge in [0.2, 0.25) is 5.91 Å². The Hall–Kier alpha value is -1.06. The lowest BCUT2D eigenvalue weighted by molar-refractivity contribution is -0.118. The van der Waals surface area contributed by atoms with Crippen molar-refractivity contribution in [2.45, 2.75) is 25.3 Å². The number of amides is 1. The van der Waals surface area contributed by atoms with Gasteiger partial charge in [0.25, 0.3) is 0 Å². The van der Waals surface area contributed by atoms with E-state index < -0.39 is 5.54 Å². The molecule has 1 amide bonds. The smallest absolute Gasteiger partial charge is 0.244 e. The summed E-state index contributed by atoms with van der Waals surface area (Å²) in [5.41, 5.74) is 6.80. The van der Waals surface area contributed by atoms with Gasteiger partial charge in [-0.1, -0.05) is 17.7 Å². The molecule has 0 unspecified atom stereocenters. The van der Waals surface area contributed by atoms with Gasteiger partial charge in [0.05, 0.1) is 16.2 Å². The summed E-state index contributed by atoms with van der Waals surface area (Å²) in [5, 5.41) is 3.30. The topological polar surface area (TPSA) is 55.1 Å². The van der Waals surface area contributed by atoms with E-state index in [-0.39, 0.29) is 5.91 Å². The minimum Gasteiger partial charge on any atom is -0.323 e. The minimum absolute atomic E-state index is 0.144. The molecular weight excluding hydrogens is 212 g/mol. The third-order valence-corrected chi connectivity index (χ3v) is 2.94. The highest BCUT2D eigenvalue weighted by atomic mass is 35.5. The molecule has 3 N–H and O–H groups in total. The Morgan fingerprint density at radius 1 is 1.53 bits per heavy atom. The van der Waals surface area contributed by atoms with Gasteiger partial charge >= 0.3 is 0 Å². The second-order valence-corrected chi connectivity index (χ2v) is 4.50. The fraction of sp³-hybridized carbons (Fsp3) is 0.364. The normalized spacial score (nSPS) is 17.3. The van der Waals surface area contributed by atoms with Gasteiger partial charge in [-0.15, -0.1) is 0 Å². The van der Waals surface area contributed by atoms with E-state index in [1.165, 1.54) is 0 Å². The number of nitrogens with one attached hydrogen (secondary N) is 1. The number of rotatable bonds is 2. The molecular formula is C11H13ClN2O. The zero-order valence-corrected chi connectivity index (χ0v) is 9.27. The molecule has 15 heavy (non-hydrogen) atoms. The molecule has 0 aromatic heterocycles. The molecule has 4 heteroatoms. The first-order chi connectivity index (χ1) is 7.01. The highest BCUT2D eigenvalue weighted by Crippen LogP contribution is 2.34. The van der Waals surface area contributed by atoms with Gasteiger partial charge < -0.3 is 11.1 Å². The molecule has 1 aromatic rings. The third-order valence-electron chi connectivity index (χ3n) is 2.61. The number of halogens is 1. The summed E-state index contributed by atoms with van der Waals surface area (Å²) in [5.74, 6) is -0.144. The molecule has 1 fully saturated rings. The van der Waals surface area contributed by atoms with Crippen molar-refractivity contribution in [2.24, 2.45) is 5.73 Å². The Balaban J connectivity index is 2.16. The second-order valence-electron chi connectivity index (χ2n) is 4.09. The van der Waals surface area contributed by atoms with Crippen molar-refractivity contribution in [3.8, 4) is 0 Å². The molecule has 1 aromatic carbocycles. The van der Waals surface area contributed by atoms with E-state index in [1.807, 2.05) is 19.1 Å². The van der Waals surface area contributed by atoms with Crippen molar-refractivity contribution >= 4 is 23.2 Å². The molecule has 1 aliphatic carbocycles. The summed E-state index contributed by atoms with van der Waals surface area (Å²) in [6.45, 7) is 1.95. The zero-order valence-electron chi connectivity index (χ0n) is 8.51. The van der Waals surface area contributed by atoms with Crippen LogP contribution in [0, 0.1) is 6.92 Å². The Kier molecular flexibility index (Phi) is 2.44. The number of aryl methyl sites for hydroxylation is 1. The van der Waals surface area contributed by atoms with Crippen LogP contribution in [0.15, 0.2) is 18.2 Å². The van der Waals surface area contributed by atoms with Crippen LogP contribution < -0.4 is 11.1 Å². The summed E-state index contributed by atoms with van der Waals surface area (Å²) in [6.07, 6.45) is 1.50.